The lowest BCUT2D eigenvalue weighted by Crippen LogP contribution is -2.26. The maximum absolute atomic E-state index is 12.4. The standard InChI is InChI=1S/C17H24N2O4S/c1-23-16-12-14(18-17(20)13-6-3-2-4-7-13)8-9-15(16)19-10-5-11-24(19,21)22/h8-9,12-13H,2-7,10-11H2,1H3,(H,18,20). The van der Waals surface area contributed by atoms with Crippen LogP contribution in [-0.4, -0.2) is 33.7 Å². The summed E-state index contributed by atoms with van der Waals surface area (Å²) >= 11 is 0. The molecule has 0 radical (unpaired) electrons. The zero-order valence-corrected chi connectivity index (χ0v) is 14.8. The molecule has 1 aliphatic heterocycles. The number of sulfonamides is 1. The molecule has 7 heteroatoms. The van der Waals surface area contributed by atoms with Crippen molar-refractivity contribution in [1.82, 2.24) is 0 Å². The Kier molecular flexibility index (Phi) is 4.99. The van der Waals surface area contributed by atoms with Crippen LogP contribution in [0.3, 0.4) is 0 Å². The third-order valence-electron chi connectivity index (χ3n) is 4.79. The molecule has 0 spiro atoms. The summed E-state index contributed by atoms with van der Waals surface area (Å²) < 4.78 is 30.9. The number of methoxy groups -OCH3 is 1. The molecule has 1 aliphatic carbocycles. The van der Waals surface area contributed by atoms with E-state index in [0.717, 1.165) is 25.7 Å². The number of carbonyl (C=O) groups excluding carboxylic acids is 1. The molecule has 0 bridgehead atoms. The van der Waals surface area contributed by atoms with E-state index >= 15 is 0 Å². The van der Waals surface area contributed by atoms with Crippen molar-refractivity contribution in [2.75, 3.05) is 29.0 Å². The minimum absolute atomic E-state index is 0.0401. The second-order valence-electron chi connectivity index (χ2n) is 6.45. The largest absolute Gasteiger partial charge is 0.494 e. The fraction of sp³-hybridized carbons (Fsp3) is 0.588. The molecule has 24 heavy (non-hydrogen) atoms. The van der Waals surface area contributed by atoms with Gasteiger partial charge in [-0.05, 0) is 31.4 Å². The van der Waals surface area contributed by atoms with E-state index in [2.05, 4.69) is 5.32 Å². The van der Waals surface area contributed by atoms with Crippen LogP contribution in [0.1, 0.15) is 38.5 Å². The van der Waals surface area contributed by atoms with Gasteiger partial charge >= 0.3 is 0 Å². The van der Waals surface area contributed by atoms with Crippen molar-refractivity contribution in [3.63, 3.8) is 0 Å². The van der Waals surface area contributed by atoms with Crippen molar-refractivity contribution in [2.24, 2.45) is 5.92 Å². The lowest BCUT2D eigenvalue weighted by Gasteiger charge is -2.22. The minimum atomic E-state index is -3.26. The van der Waals surface area contributed by atoms with Gasteiger partial charge in [-0.1, -0.05) is 19.3 Å². The number of amides is 1. The fourth-order valence-electron chi connectivity index (χ4n) is 3.48. The topological polar surface area (TPSA) is 75.7 Å². The molecular weight excluding hydrogens is 328 g/mol. The van der Waals surface area contributed by atoms with Gasteiger partial charge in [-0.3, -0.25) is 9.10 Å². The monoisotopic (exact) mass is 352 g/mol. The van der Waals surface area contributed by atoms with Crippen LogP contribution in [0.2, 0.25) is 0 Å². The molecule has 1 amide bonds. The van der Waals surface area contributed by atoms with E-state index in [4.69, 9.17) is 4.74 Å². The highest BCUT2D eigenvalue weighted by Crippen LogP contribution is 2.35. The highest BCUT2D eigenvalue weighted by molar-refractivity contribution is 7.93. The molecule has 2 aliphatic rings. The summed E-state index contributed by atoms with van der Waals surface area (Å²) in [5.74, 6) is 0.736. The summed E-state index contributed by atoms with van der Waals surface area (Å²) in [4.78, 5) is 12.4. The molecule has 2 fully saturated rings. The minimum Gasteiger partial charge on any atom is -0.494 e. The molecule has 0 unspecified atom stereocenters. The van der Waals surface area contributed by atoms with E-state index in [-0.39, 0.29) is 17.6 Å². The summed E-state index contributed by atoms with van der Waals surface area (Å²) in [7, 11) is -1.75. The van der Waals surface area contributed by atoms with Crippen molar-refractivity contribution in [3.8, 4) is 5.75 Å². The van der Waals surface area contributed by atoms with E-state index in [9.17, 15) is 13.2 Å². The van der Waals surface area contributed by atoms with Crippen LogP contribution < -0.4 is 14.4 Å². The zero-order chi connectivity index (χ0) is 17.2. The number of ether oxygens (including phenoxy) is 1. The van der Waals surface area contributed by atoms with Gasteiger partial charge in [0.1, 0.15) is 5.75 Å². The maximum Gasteiger partial charge on any atom is 0.235 e. The van der Waals surface area contributed by atoms with Crippen LogP contribution in [0.5, 0.6) is 5.75 Å². The number of carbonyl (C=O) groups is 1. The van der Waals surface area contributed by atoms with E-state index in [1.165, 1.54) is 17.8 Å². The highest BCUT2D eigenvalue weighted by atomic mass is 32.2. The molecular formula is C17H24N2O4S. The Balaban J connectivity index is 1.78. The van der Waals surface area contributed by atoms with Crippen molar-refractivity contribution in [2.45, 2.75) is 38.5 Å². The molecule has 0 atom stereocenters. The first kappa shape index (κ1) is 17.1. The highest BCUT2D eigenvalue weighted by Gasteiger charge is 2.30. The maximum atomic E-state index is 12.4. The SMILES string of the molecule is COc1cc(NC(=O)C2CCCCC2)ccc1N1CCCS1(=O)=O. The quantitative estimate of drug-likeness (QED) is 0.904. The van der Waals surface area contributed by atoms with Crippen LogP contribution in [0, 0.1) is 5.92 Å². The van der Waals surface area contributed by atoms with Gasteiger partial charge in [-0.2, -0.15) is 0 Å². The van der Waals surface area contributed by atoms with Gasteiger partial charge in [0.05, 0.1) is 18.6 Å². The van der Waals surface area contributed by atoms with Crippen molar-refractivity contribution in [1.29, 1.82) is 0 Å². The molecule has 1 N–H and O–H groups in total. The lowest BCUT2D eigenvalue weighted by atomic mass is 9.88. The summed E-state index contributed by atoms with van der Waals surface area (Å²) in [6, 6.07) is 5.15. The Morgan fingerprint density at radius 3 is 2.58 bits per heavy atom. The van der Waals surface area contributed by atoms with Crippen LogP contribution in [0.15, 0.2) is 18.2 Å². The molecule has 1 saturated heterocycles. The third-order valence-corrected chi connectivity index (χ3v) is 6.65. The zero-order valence-electron chi connectivity index (χ0n) is 14.0. The summed E-state index contributed by atoms with van der Waals surface area (Å²) in [6.07, 6.45) is 5.91. The molecule has 1 saturated carbocycles. The Morgan fingerprint density at radius 1 is 1.21 bits per heavy atom. The van der Waals surface area contributed by atoms with Crippen LogP contribution in [-0.2, 0) is 14.8 Å². The van der Waals surface area contributed by atoms with Crippen LogP contribution >= 0.6 is 0 Å². The van der Waals surface area contributed by atoms with Gasteiger partial charge in [0.25, 0.3) is 0 Å². The van der Waals surface area contributed by atoms with Gasteiger partial charge in [0.2, 0.25) is 15.9 Å². The number of rotatable bonds is 4. The second-order valence-corrected chi connectivity index (χ2v) is 8.47. The van der Waals surface area contributed by atoms with Gasteiger partial charge in [0, 0.05) is 24.2 Å². The predicted molar refractivity (Wildman–Crippen MR) is 93.9 cm³/mol. The lowest BCUT2D eigenvalue weighted by molar-refractivity contribution is -0.120. The Morgan fingerprint density at radius 2 is 1.96 bits per heavy atom. The van der Waals surface area contributed by atoms with Gasteiger partial charge in [0.15, 0.2) is 0 Å². The smallest absolute Gasteiger partial charge is 0.235 e. The molecule has 1 aromatic carbocycles. The van der Waals surface area contributed by atoms with Crippen molar-refractivity contribution >= 4 is 27.3 Å². The molecule has 0 aromatic heterocycles. The van der Waals surface area contributed by atoms with Crippen molar-refractivity contribution in [3.05, 3.63) is 18.2 Å². The number of nitrogens with zero attached hydrogens (tertiary/aromatic N) is 1. The molecule has 3 rings (SSSR count). The Labute approximate surface area is 143 Å². The Hall–Kier alpha value is -1.76. The fourth-order valence-corrected chi connectivity index (χ4v) is 5.05. The first-order chi connectivity index (χ1) is 11.5. The summed E-state index contributed by atoms with van der Waals surface area (Å²) in [5.41, 5.74) is 1.17. The normalized spacial score (nSPS) is 20.8. The van der Waals surface area contributed by atoms with E-state index in [0.29, 0.717) is 30.1 Å². The average Bonchev–Trinajstić information content (AvgIpc) is 2.94. The van der Waals surface area contributed by atoms with E-state index in [1.807, 2.05) is 0 Å². The predicted octanol–water partition coefficient (Wildman–Crippen LogP) is 2.75. The van der Waals surface area contributed by atoms with Gasteiger partial charge in [-0.25, -0.2) is 8.42 Å². The van der Waals surface area contributed by atoms with Crippen LogP contribution in [0.4, 0.5) is 11.4 Å². The second kappa shape index (κ2) is 7.01. The summed E-state index contributed by atoms with van der Waals surface area (Å²) in [5, 5.41) is 2.94. The van der Waals surface area contributed by atoms with E-state index in [1.54, 1.807) is 18.2 Å². The van der Waals surface area contributed by atoms with E-state index < -0.39 is 10.0 Å². The van der Waals surface area contributed by atoms with Gasteiger partial charge < -0.3 is 10.1 Å². The number of hydrogen-bond acceptors (Lipinski definition) is 4. The third kappa shape index (κ3) is 3.50. The first-order valence-corrected chi connectivity index (χ1v) is 10.1. The number of anilines is 2. The summed E-state index contributed by atoms with van der Waals surface area (Å²) in [6.45, 7) is 0.465. The van der Waals surface area contributed by atoms with Gasteiger partial charge in [-0.15, -0.1) is 0 Å². The molecule has 132 valence electrons. The van der Waals surface area contributed by atoms with Crippen molar-refractivity contribution < 1.29 is 17.9 Å². The molecule has 1 heterocycles. The number of hydrogen-bond donors (Lipinski definition) is 1. The van der Waals surface area contributed by atoms with Crippen LogP contribution in [0.25, 0.3) is 0 Å². The average molecular weight is 352 g/mol. The number of benzene rings is 1. The molecule has 1 aromatic rings. The Bertz CT molecular complexity index is 711. The molecule has 6 nitrogen and oxygen atoms in total. The number of nitrogens with one attached hydrogen (secondary N) is 1. The first-order valence-electron chi connectivity index (χ1n) is 8.50.